The lowest BCUT2D eigenvalue weighted by Gasteiger charge is -2.22. The zero-order valence-electron chi connectivity index (χ0n) is 23.3. The number of aliphatic hydroxyl groups is 1. The highest BCUT2D eigenvalue weighted by molar-refractivity contribution is 5.89. The van der Waals surface area contributed by atoms with Crippen molar-refractivity contribution in [3.8, 4) is 0 Å². The number of allylic oxidation sites excluding steroid dienone is 2. The van der Waals surface area contributed by atoms with Crippen LogP contribution >= 0.6 is 0 Å². The molecule has 2 amide bonds. The van der Waals surface area contributed by atoms with Crippen molar-refractivity contribution >= 4 is 23.8 Å². The molecule has 0 radical (unpaired) electrons. The molecule has 220 valence electrons. The molecule has 9 nitrogen and oxygen atoms in total. The van der Waals surface area contributed by atoms with E-state index in [-0.39, 0.29) is 32.5 Å². The summed E-state index contributed by atoms with van der Waals surface area (Å²) in [5, 5.41) is 15.1. The predicted molar refractivity (Wildman–Crippen MR) is 155 cm³/mol. The van der Waals surface area contributed by atoms with Crippen LogP contribution in [0, 0.1) is 5.92 Å². The van der Waals surface area contributed by atoms with Gasteiger partial charge in [0.05, 0.1) is 18.6 Å². The number of hydrogen-bond donors (Lipinski definition) is 3. The highest BCUT2D eigenvalue weighted by Crippen LogP contribution is 2.13. The summed E-state index contributed by atoms with van der Waals surface area (Å²) in [5.74, 6) is -3.16. The highest BCUT2D eigenvalue weighted by Gasteiger charge is 2.29. The quantitative estimate of drug-likeness (QED) is 0.135. The van der Waals surface area contributed by atoms with Gasteiger partial charge in [-0.3, -0.25) is 14.4 Å². The average Bonchev–Trinajstić information content (AvgIpc) is 2.98. The number of unbranched alkanes of at least 4 members (excludes halogenated alkanes) is 1. The second-order valence-electron chi connectivity index (χ2n) is 9.58. The molecular weight excluding hydrogens is 524 g/mol. The third-order valence-corrected chi connectivity index (χ3v) is 6.19. The standard InChI is InChI=1S/C32H40N2O7/c1-3-5-8-18-30(37)40-23-28(32(39)41-22-25-16-11-7-12-17-25)34-31(38)26(13-4-2)20-29(36)33-27(21-35)19-24-14-9-6-10-15-24/h3-4,6-7,9-12,14-17,26-28,35H,1-2,5,8,13,18-23H2,(H,33,36)(H,34,38)/t26-,27-,28-/m1/s1. The van der Waals surface area contributed by atoms with Crippen molar-refractivity contribution in [2.24, 2.45) is 5.92 Å². The van der Waals surface area contributed by atoms with Gasteiger partial charge in [0.15, 0.2) is 6.04 Å². The third kappa shape index (κ3) is 13.1. The van der Waals surface area contributed by atoms with E-state index in [1.807, 2.05) is 36.4 Å². The minimum atomic E-state index is -1.27. The van der Waals surface area contributed by atoms with Crippen LogP contribution in [0.25, 0.3) is 0 Å². The van der Waals surface area contributed by atoms with Gasteiger partial charge >= 0.3 is 11.9 Å². The van der Waals surface area contributed by atoms with Gasteiger partial charge in [0, 0.05) is 12.8 Å². The lowest BCUT2D eigenvalue weighted by atomic mass is 9.98. The van der Waals surface area contributed by atoms with Crippen LogP contribution in [0.15, 0.2) is 86.0 Å². The SMILES string of the molecule is C=CCCCC(=O)OC[C@@H](NC(=O)[C@H](CC=C)CC(=O)N[C@@H](CO)Cc1ccccc1)C(=O)OCc1ccccc1. The zero-order valence-corrected chi connectivity index (χ0v) is 23.3. The van der Waals surface area contributed by atoms with E-state index >= 15 is 0 Å². The predicted octanol–water partition coefficient (Wildman–Crippen LogP) is 3.42. The van der Waals surface area contributed by atoms with Gasteiger partial charge in [0.1, 0.15) is 13.2 Å². The van der Waals surface area contributed by atoms with Crippen molar-refractivity contribution < 1.29 is 33.8 Å². The second-order valence-corrected chi connectivity index (χ2v) is 9.58. The van der Waals surface area contributed by atoms with Crippen molar-refractivity contribution in [1.29, 1.82) is 0 Å². The smallest absolute Gasteiger partial charge is 0.332 e. The molecule has 2 aromatic rings. The number of amides is 2. The van der Waals surface area contributed by atoms with E-state index in [2.05, 4.69) is 23.8 Å². The average molecular weight is 565 g/mol. The number of carbonyl (C=O) groups excluding carboxylic acids is 4. The van der Waals surface area contributed by atoms with Crippen molar-refractivity contribution in [3.63, 3.8) is 0 Å². The monoisotopic (exact) mass is 564 g/mol. The van der Waals surface area contributed by atoms with Gasteiger partial charge in [0.2, 0.25) is 11.8 Å². The number of ether oxygens (including phenoxy) is 2. The van der Waals surface area contributed by atoms with Gasteiger partial charge in [-0.25, -0.2) is 4.79 Å². The second kappa shape index (κ2) is 18.9. The van der Waals surface area contributed by atoms with Crippen LogP contribution in [0.1, 0.15) is 43.2 Å². The van der Waals surface area contributed by atoms with Crippen LogP contribution in [0.5, 0.6) is 0 Å². The lowest BCUT2D eigenvalue weighted by molar-refractivity contribution is -0.155. The van der Waals surface area contributed by atoms with E-state index in [1.54, 1.807) is 30.3 Å². The summed E-state index contributed by atoms with van der Waals surface area (Å²) in [6, 6.07) is 16.6. The fourth-order valence-electron chi connectivity index (χ4n) is 3.98. The van der Waals surface area contributed by atoms with Crippen molar-refractivity contribution in [3.05, 3.63) is 97.1 Å². The Balaban J connectivity index is 2.03. The van der Waals surface area contributed by atoms with Crippen molar-refractivity contribution in [2.45, 2.75) is 57.2 Å². The minimum absolute atomic E-state index is 0.0260. The van der Waals surface area contributed by atoms with Crippen LogP contribution in [-0.2, 0) is 41.7 Å². The van der Waals surface area contributed by atoms with Gasteiger partial charge in [-0.2, -0.15) is 0 Å². The van der Waals surface area contributed by atoms with E-state index in [4.69, 9.17) is 9.47 Å². The molecule has 0 saturated carbocycles. The first-order chi connectivity index (χ1) is 19.9. The Morgan fingerprint density at radius 2 is 1.54 bits per heavy atom. The van der Waals surface area contributed by atoms with E-state index in [1.165, 1.54) is 6.08 Å². The van der Waals surface area contributed by atoms with Gasteiger partial charge < -0.3 is 25.2 Å². The first-order valence-corrected chi connectivity index (χ1v) is 13.7. The normalized spacial score (nSPS) is 12.7. The number of hydrogen-bond acceptors (Lipinski definition) is 7. The molecule has 0 aliphatic rings. The molecule has 0 fully saturated rings. The van der Waals surface area contributed by atoms with E-state index in [9.17, 15) is 24.3 Å². The molecule has 0 aliphatic heterocycles. The Bertz CT molecular complexity index is 1120. The first kappa shape index (κ1) is 33.0. The Morgan fingerprint density at radius 3 is 2.15 bits per heavy atom. The molecule has 0 unspecified atom stereocenters. The van der Waals surface area contributed by atoms with E-state index in [0.717, 1.165) is 11.1 Å². The van der Waals surface area contributed by atoms with Crippen LogP contribution in [0.4, 0.5) is 0 Å². The van der Waals surface area contributed by atoms with E-state index < -0.39 is 48.4 Å². The number of esters is 2. The van der Waals surface area contributed by atoms with Crippen LogP contribution in [-0.4, -0.2) is 54.2 Å². The maximum absolute atomic E-state index is 13.2. The summed E-state index contributed by atoms with van der Waals surface area (Å²) in [4.78, 5) is 51.1. The number of carbonyl (C=O) groups is 4. The topological polar surface area (TPSA) is 131 Å². The fraction of sp³-hybridized carbons (Fsp3) is 0.375. The zero-order chi connectivity index (χ0) is 29.9. The molecule has 0 saturated heterocycles. The summed E-state index contributed by atoms with van der Waals surface area (Å²) in [5.41, 5.74) is 1.70. The number of nitrogens with one attached hydrogen (secondary N) is 2. The molecule has 0 spiro atoms. The van der Waals surface area contributed by atoms with Crippen LogP contribution in [0.3, 0.4) is 0 Å². The molecular formula is C32H40N2O7. The molecule has 0 heterocycles. The van der Waals surface area contributed by atoms with Gasteiger partial charge in [-0.1, -0.05) is 72.8 Å². The molecule has 2 rings (SSSR count). The van der Waals surface area contributed by atoms with Gasteiger partial charge in [-0.15, -0.1) is 13.2 Å². The summed E-state index contributed by atoms with van der Waals surface area (Å²) < 4.78 is 10.6. The summed E-state index contributed by atoms with van der Waals surface area (Å²) >= 11 is 0. The third-order valence-electron chi connectivity index (χ3n) is 6.19. The largest absolute Gasteiger partial charge is 0.463 e. The summed E-state index contributed by atoms with van der Waals surface area (Å²) in [6.07, 6.45) is 4.92. The molecule has 3 N–H and O–H groups in total. The maximum Gasteiger partial charge on any atom is 0.332 e. The molecule has 9 heteroatoms. The molecule has 3 atom stereocenters. The highest BCUT2D eigenvalue weighted by atomic mass is 16.6. The Morgan fingerprint density at radius 1 is 0.878 bits per heavy atom. The Labute approximate surface area is 241 Å². The van der Waals surface area contributed by atoms with Crippen LogP contribution < -0.4 is 10.6 Å². The van der Waals surface area contributed by atoms with Gasteiger partial charge in [0.25, 0.3) is 0 Å². The fourth-order valence-corrected chi connectivity index (χ4v) is 3.98. The number of aliphatic hydroxyl groups excluding tert-OH is 1. The molecule has 0 aliphatic carbocycles. The molecule has 2 aromatic carbocycles. The van der Waals surface area contributed by atoms with Crippen molar-refractivity contribution in [2.75, 3.05) is 13.2 Å². The van der Waals surface area contributed by atoms with Crippen LogP contribution in [0.2, 0.25) is 0 Å². The van der Waals surface area contributed by atoms with E-state index in [0.29, 0.717) is 19.3 Å². The van der Waals surface area contributed by atoms with Gasteiger partial charge in [-0.05, 0) is 36.8 Å². The number of benzene rings is 2. The number of rotatable bonds is 19. The minimum Gasteiger partial charge on any atom is -0.463 e. The molecule has 41 heavy (non-hydrogen) atoms. The lowest BCUT2D eigenvalue weighted by Crippen LogP contribution is -2.48. The summed E-state index contributed by atoms with van der Waals surface area (Å²) in [7, 11) is 0. The Hall–Kier alpha value is -4.24. The Kier molecular flexibility index (Phi) is 15.2. The molecule has 0 bridgehead atoms. The molecule has 0 aromatic heterocycles. The summed E-state index contributed by atoms with van der Waals surface area (Å²) in [6.45, 7) is 6.58. The maximum atomic E-state index is 13.2. The van der Waals surface area contributed by atoms with Crippen molar-refractivity contribution in [1.82, 2.24) is 10.6 Å². The first-order valence-electron chi connectivity index (χ1n) is 13.7.